The van der Waals surface area contributed by atoms with E-state index in [0.29, 0.717) is 13.0 Å². The largest absolute Gasteiger partial charge is 0.357 e. The molecule has 142 valence electrons. The van der Waals surface area contributed by atoms with Gasteiger partial charge in [-0.15, -0.1) is 24.0 Å². The van der Waals surface area contributed by atoms with E-state index in [2.05, 4.69) is 27.5 Å². The van der Waals surface area contributed by atoms with E-state index in [0.717, 1.165) is 38.6 Å². The van der Waals surface area contributed by atoms with Crippen LogP contribution in [0.2, 0.25) is 0 Å². The molecule has 0 saturated carbocycles. The van der Waals surface area contributed by atoms with Crippen molar-refractivity contribution in [3.63, 3.8) is 0 Å². The minimum absolute atomic E-state index is 0. The Morgan fingerprint density at radius 2 is 1.96 bits per heavy atom. The molecule has 7 heteroatoms. The molecule has 25 heavy (non-hydrogen) atoms. The second kappa shape index (κ2) is 13.9. The third-order valence-corrected chi connectivity index (χ3v) is 3.88. The van der Waals surface area contributed by atoms with Crippen molar-refractivity contribution >= 4 is 35.8 Å². The fourth-order valence-electron chi connectivity index (χ4n) is 2.44. The number of carbonyl (C=O) groups excluding carboxylic acids is 1. The molecule has 0 aromatic carbocycles. The lowest BCUT2D eigenvalue weighted by Gasteiger charge is -2.18. The molecule has 0 fully saturated rings. The number of halogens is 1. The topological polar surface area (TPSA) is 69.6 Å². The molecule has 0 aliphatic carbocycles. The van der Waals surface area contributed by atoms with E-state index in [9.17, 15) is 4.79 Å². The first-order chi connectivity index (χ1) is 11.6. The van der Waals surface area contributed by atoms with Crippen LogP contribution in [0.1, 0.15) is 38.3 Å². The Morgan fingerprint density at radius 3 is 2.56 bits per heavy atom. The van der Waals surface area contributed by atoms with Gasteiger partial charge in [-0.2, -0.15) is 0 Å². The number of rotatable bonds is 9. The van der Waals surface area contributed by atoms with Crippen LogP contribution in [-0.2, 0) is 11.2 Å². The smallest absolute Gasteiger partial charge is 0.224 e. The van der Waals surface area contributed by atoms with Crippen molar-refractivity contribution in [3.05, 3.63) is 29.6 Å². The van der Waals surface area contributed by atoms with Crippen molar-refractivity contribution in [2.75, 3.05) is 32.7 Å². The average molecular weight is 461 g/mol. The Hall–Kier alpha value is -1.38. The van der Waals surface area contributed by atoms with E-state index >= 15 is 0 Å². The number of aromatic nitrogens is 1. The molecule has 0 aliphatic heterocycles. The summed E-state index contributed by atoms with van der Waals surface area (Å²) in [7, 11) is 0. The van der Waals surface area contributed by atoms with Crippen molar-refractivity contribution in [2.24, 2.45) is 4.99 Å². The van der Waals surface area contributed by atoms with Crippen LogP contribution in [0.25, 0.3) is 0 Å². The maximum atomic E-state index is 12.0. The normalized spacial score (nSPS) is 10.8. The van der Waals surface area contributed by atoms with Crippen molar-refractivity contribution in [2.45, 2.75) is 40.5 Å². The summed E-state index contributed by atoms with van der Waals surface area (Å²) in [6.45, 7) is 11.7. The number of aryl methyl sites for hydroxylation is 1. The number of hydrogen-bond donors (Lipinski definition) is 2. The predicted molar refractivity (Wildman–Crippen MR) is 115 cm³/mol. The minimum Gasteiger partial charge on any atom is -0.357 e. The molecule has 1 rings (SSSR count). The summed E-state index contributed by atoms with van der Waals surface area (Å²) in [6.07, 6.45) is 5.06. The summed E-state index contributed by atoms with van der Waals surface area (Å²) in [5.41, 5.74) is 2.48. The highest BCUT2D eigenvalue weighted by Gasteiger charge is 2.08. The molecule has 0 spiro atoms. The van der Waals surface area contributed by atoms with Crippen LogP contribution in [0.5, 0.6) is 0 Å². The standard InChI is InChI=1S/C18H31N5O.HI/c1-5-20-18(22-13-10-17(24)23(6-2)7-3)21-12-9-16-8-11-19-14-15(16)4;/h8,11,14H,5-7,9-10,12-13H2,1-4H3,(H2,20,21,22);1H. The number of guanidine groups is 1. The summed E-state index contributed by atoms with van der Waals surface area (Å²) in [6, 6.07) is 2.05. The van der Waals surface area contributed by atoms with Gasteiger partial charge in [0.25, 0.3) is 0 Å². The number of aliphatic imine (C=N–C) groups is 1. The lowest BCUT2D eigenvalue weighted by Crippen LogP contribution is -2.38. The zero-order chi connectivity index (χ0) is 17.8. The van der Waals surface area contributed by atoms with Gasteiger partial charge < -0.3 is 15.5 Å². The van der Waals surface area contributed by atoms with Gasteiger partial charge in [0, 0.05) is 45.0 Å². The van der Waals surface area contributed by atoms with Crippen molar-refractivity contribution in [1.82, 2.24) is 20.5 Å². The van der Waals surface area contributed by atoms with Gasteiger partial charge in [-0.1, -0.05) is 0 Å². The molecular weight excluding hydrogens is 429 g/mol. The Bertz CT molecular complexity index is 532. The van der Waals surface area contributed by atoms with Gasteiger partial charge in [-0.25, -0.2) is 0 Å². The Balaban J connectivity index is 0.00000576. The summed E-state index contributed by atoms with van der Waals surface area (Å²) < 4.78 is 0. The van der Waals surface area contributed by atoms with Gasteiger partial charge in [0.1, 0.15) is 0 Å². The third kappa shape index (κ3) is 9.04. The van der Waals surface area contributed by atoms with Crippen molar-refractivity contribution < 1.29 is 4.79 Å². The molecule has 1 aromatic heterocycles. The van der Waals surface area contributed by atoms with Crippen molar-refractivity contribution in [3.8, 4) is 0 Å². The second-order valence-electron chi connectivity index (χ2n) is 5.56. The highest BCUT2D eigenvalue weighted by molar-refractivity contribution is 14.0. The summed E-state index contributed by atoms with van der Waals surface area (Å²) in [4.78, 5) is 22.4. The molecule has 6 nitrogen and oxygen atoms in total. The van der Waals surface area contributed by atoms with Crippen LogP contribution in [0.3, 0.4) is 0 Å². The van der Waals surface area contributed by atoms with Crippen LogP contribution in [-0.4, -0.2) is 54.5 Å². The monoisotopic (exact) mass is 461 g/mol. The van der Waals surface area contributed by atoms with E-state index in [1.165, 1.54) is 11.1 Å². The lowest BCUT2D eigenvalue weighted by molar-refractivity contribution is -0.130. The van der Waals surface area contributed by atoms with E-state index in [-0.39, 0.29) is 29.9 Å². The summed E-state index contributed by atoms with van der Waals surface area (Å²) >= 11 is 0. The van der Waals surface area contributed by atoms with Gasteiger partial charge in [0.2, 0.25) is 5.91 Å². The number of nitrogens with zero attached hydrogens (tertiary/aromatic N) is 3. The first kappa shape index (κ1) is 23.6. The molecule has 1 aromatic rings. The molecule has 1 heterocycles. The molecule has 0 saturated heterocycles. The molecule has 0 bridgehead atoms. The van der Waals surface area contributed by atoms with E-state index in [4.69, 9.17) is 0 Å². The second-order valence-corrected chi connectivity index (χ2v) is 5.56. The van der Waals surface area contributed by atoms with Crippen molar-refractivity contribution in [1.29, 1.82) is 0 Å². The number of pyridine rings is 1. The Kier molecular flexibility index (Phi) is 13.1. The molecular formula is C18H32IN5O. The Morgan fingerprint density at radius 1 is 1.24 bits per heavy atom. The van der Waals surface area contributed by atoms with E-state index < -0.39 is 0 Å². The van der Waals surface area contributed by atoms with Gasteiger partial charge >= 0.3 is 0 Å². The fourth-order valence-corrected chi connectivity index (χ4v) is 2.44. The fraction of sp³-hybridized carbons (Fsp3) is 0.611. The summed E-state index contributed by atoms with van der Waals surface area (Å²) in [5, 5.41) is 6.54. The number of nitrogens with one attached hydrogen (secondary N) is 2. The number of amides is 1. The SMILES string of the molecule is CCNC(=NCCC(=O)N(CC)CC)NCCc1ccncc1C.I. The molecule has 0 radical (unpaired) electrons. The molecule has 1 amide bonds. The number of hydrogen-bond acceptors (Lipinski definition) is 3. The quantitative estimate of drug-likeness (QED) is 0.337. The van der Waals surface area contributed by atoms with Crippen LogP contribution in [0.15, 0.2) is 23.5 Å². The van der Waals surface area contributed by atoms with Gasteiger partial charge in [-0.3, -0.25) is 14.8 Å². The first-order valence-corrected chi connectivity index (χ1v) is 8.81. The van der Waals surface area contributed by atoms with E-state index in [1.54, 1.807) is 0 Å². The van der Waals surface area contributed by atoms with Crippen LogP contribution in [0.4, 0.5) is 0 Å². The Labute approximate surface area is 168 Å². The molecule has 2 N–H and O–H groups in total. The molecule has 0 unspecified atom stereocenters. The zero-order valence-corrected chi connectivity index (χ0v) is 18.2. The van der Waals surface area contributed by atoms with Crippen LogP contribution >= 0.6 is 24.0 Å². The first-order valence-electron chi connectivity index (χ1n) is 8.81. The maximum Gasteiger partial charge on any atom is 0.224 e. The maximum absolute atomic E-state index is 12.0. The third-order valence-electron chi connectivity index (χ3n) is 3.88. The zero-order valence-electron chi connectivity index (χ0n) is 15.8. The summed E-state index contributed by atoms with van der Waals surface area (Å²) in [5.74, 6) is 0.920. The van der Waals surface area contributed by atoms with Gasteiger partial charge in [0.05, 0.1) is 6.54 Å². The van der Waals surface area contributed by atoms with Crippen LogP contribution in [0, 0.1) is 6.92 Å². The van der Waals surface area contributed by atoms with E-state index in [1.807, 2.05) is 44.1 Å². The average Bonchev–Trinajstić information content (AvgIpc) is 2.57. The molecule has 0 atom stereocenters. The van der Waals surface area contributed by atoms with Gasteiger partial charge in [-0.05, 0) is 51.3 Å². The lowest BCUT2D eigenvalue weighted by atomic mass is 10.1. The predicted octanol–water partition coefficient (Wildman–Crippen LogP) is 2.36. The van der Waals surface area contributed by atoms with Gasteiger partial charge in [0.15, 0.2) is 5.96 Å². The molecule has 0 aliphatic rings. The highest BCUT2D eigenvalue weighted by Crippen LogP contribution is 2.04. The number of carbonyl (C=O) groups is 1. The highest BCUT2D eigenvalue weighted by atomic mass is 127. The van der Waals surface area contributed by atoms with Crippen LogP contribution < -0.4 is 10.6 Å². The minimum atomic E-state index is 0.